The van der Waals surface area contributed by atoms with Gasteiger partial charge in [0.05, 0.1) is 0 Å². The number of thioether (sulfide) groups is 1. The molecule has 0 aliphatic carbocycles. The lowest BCUT2D eigenvalue weighted by molar-refractivity contribution is 0.0371. The highest BCUT2D eigenvalue weighted by Gasteiger charge is 2.31. The van der Waals surface area contributed by atoms with Gasteiger partial charge in [-0.05, 0) is 48.3 Å². The van der Waals surface area contributed by atoms with Gasteiger partial charge >= 0.3 is 0 Å². The molecule has 0 spiro atoms. The standard InChI is InChI=1S/C13H17ClOS2/c14-11-1-3-12(4-2-11)17-10-13(9-16)5-7-15-8-6-13/h1-4,16H,5-10H2. The summed E-state index contributed by atoms with van der Waals surface area (Å²) < 4.78 is 5.43. The summed E-state index contributed by atoms with van der Waals surface area (Å²) in [5.41, 5.74) is 0.339. The number of benzene rings is 1. The zero-order valence-electron chi connectivity index (χ0n) is 9.69. The highest BCUT2D eigenvalue weighted by atomic mass is 35.5. The van der Waals surface area contributed by atoms with Crippen molar-refractivity contribution in [1.29, 1.82) is 0 Å². The number of hydrogen-bond acceptors (Lipinski definition) is 3. The van der Waals surface area contributed by atoms with Crippen molar-refractivity contribution in [1.82, 2.24) is 0 Å². The minimum Gasteiger partial charge on any atom is -0.381 e. The number of halogens is 1. The summed E-state index contributed by atoms with van der Waals surface area (Å²) in [5.74, 6) is 2.05. The van der Waals surface area contributed by atoms with Gasteiger partial charge in [-0.2, -0.15) is 12.6 Å². The van der Waals surface area contributed by atoms with E-state index in [0.29, 0.717) is 5.41 Å². The van der Waals surface area contributed by atoms with Gasteiger partial charge in [0.15, 0.2) is 0 Å². The van der Waals surface area contributed by atoms with Gasteiger partial charge in [-0.1, -0.05) is 11.6 Å². The van der Waals surface area contributed by atoms with Crippen molar-refractivity contribution < 1.29 is 4.74 Å². The molecule has 4 heteroatoms. The van der Waals surface area contributed by atoms with Crippen molar-refractivity contribution in [3.05, 3.63) is 29.3 Å². The molecular formula is C13H17ClOS2. The number of rotatable bonds is 4. The van der Waals surface area contributed by atoms with E-state index in [4.69, 9.17) is 16.3 Å². The number of ether oxygens (including phenoxy) is 1. The maximum Gasteiger partial charge on any atom is 0.0471 e. The second kappa shape index (κ2) is 6.37. The van der Waals surface area contributed by atoms with Crippen LogP contribution in [0.3, 0.4) is 0 Å². The lowest BCUT2D eigenvalue weighted by Gasteiger charge is -2.35. The second-order valence-corrected chi connectivity index (χ2v) is 6.31. The fourth-order valence-electron chi connectivity index (χ4n) is 1.92. The lowest BCUT2D eigenvalue weighted by Crippen LogP contribution is -2.33. The van der Waals surface area contributed by atoms with Gasteiger partial charge in [0, 0.05) is 28.9 Å². The zero-order chi connectivity index (χ0) is 12.1. The fraction of sp³-hybridized carbons (Fsp3) is 0.538. The molecule has 0 amide bonds. The number of thiol groups is 1. The van der Waals surface area contributed by atoms with E-state index in [1.165, 1.54) is 4.90 Å². The van der Waals surface area contributed by atoms with Crippen molar-refractivity contribution in [3.63, 3.8) is 0 Å². The number of hydrogen-bond donors (Lipinski definition) is 1. The van der Waals surface area contributed by atoms with Gasteiger partial charge in [-0.3, -0.25) is 0 Å². The Morgan fingerprint density at radius 3 is 2.47 bits per heavy atom. The largest absolute Gasteiger partial charge is 0.381 e. The Bertz CT molecular complexity index is 347. The van der Waals surface area contributed by atoms with E-state index in [1.54, 1.807) is 0 Å². The van der Waals surface area contributed by atoms with Gasteiger partial charge in [-0.15, -0.1) is 11.8 Å². The summed E-state index contributed by atoms with van der Waals surface area (Å²) in [6.07, 6.45) is 2.24. The molecule has 17 heavy (non-hydrogen) atoms. The first-order valence-corrected chi connectivity index (χ1v) is 7.81. The second-order valence-electron chi connectivity index (χ2n) is 4.51. The summed E-state index contributed by atoms with van der Waals surface area (Å²) >= 11 is 12.3. The third-order valence-corrected chi connectivity index (χ3v) is 5.53. The molecule has 0 saturated carbocycles. The molecule has 1 saturated heterocycles. The van der Waals surface area contributed by atoms with Crippen LogP contribution in [-0.2, 0) is 4.74 Å². The Morgan fingerprint density at radius 2 is 1.88 bits per heavy atom. The molecule has 1 aliphatic rings. The van der Waals surface area contributed by atoms with E-state index < -0.39 is 0 Å². The zero-order valence-corrected chi connectivity index (χ0v) is 12.2. The van der Waals surface area contributed by atoms with Crippen LogP contribution < -0.4 is 0 Å². The monoisotopic (exact) mass is 288 g/mol. The third-order valence-electron chi connectivity index (χ3n) is 3.25. The van der Waals surface area contributed by atoms with Crippen LogP contribution in [0.4, 0.5) is 0 Å². The average molecular weight is 289 g/mol. The van der Waals surface area contributed by atoms with Crippen LogP contribution in [0.15, 0.2) is 29.2 Å². The van der Waals surface area contributed by atoms with Crippen LogP contribution in [0.2, 0.25) is 5.02 Å². The van der Waals surface area contributed by atoms with Crippen molar-refractivity contribution >= 4 is 36.0 Å². The molecular weight excluding hydrogens is 272 g/mol. The van der Waals surface area contributed by atoms with E-state index in [0.717, 1.165) is 42.6 Å². The molecule has 1 aromatic rings. The maximum absolute atomic E-state index is 5.88. The predicted octanol–water partition coefficient (Wildman–Crippen LogP) is 4.16. The Balaban J connectivity index is 1.93. The maximum atomic E-state index is 5.88. The Kier molecular flexibility index (Phi) is 5.10. The molecule has 0 aromatic heterocycles. The first-order chi connectivity index (χ1) is 8.24. The molecule has 2 rings (SSSR count). The van der Waals surface area contributed by atoms with Crippen molar-refractivity contribution in [2.24, 2.45) is 5.41 Å². The molecule has 0 unspecified atom stereocenters. The summed E-state index contributed by atoms with van der Waals surface area (Å²) in [4.78, 5) is 1.28. The quantitative estimate of drug-likeness (QED) is 0.658. The summed E-state index contributed by atoms with van der Waals surface area (Å²) in [7, 11) is 0. The first kappa shape index (κ1) is 13.6. The third kappa shape index (κ3) is 3.82. The summed E-state index contributed by atoms with van der Waals surface area (Å²) in [6, 6.07) is 8.06. The molecule has 0 radical (unpaired) electrons. The highest BCUT2D eigenvalue weighted by Crippen LogP contribution is 2.37. The summed E-state index contributed by atoms with van der Waals surface area (Å²) in [5, 5.41) is 0.796. The molecule has 0 atom stereocenters. The molecule has 1 aromatic carbocycles. The SMILES string of the molecule is SCC1(CSc2ccc(Cl)cc2)CCOCC1. The topological polar surface area (TPSA) is 9.23 Å². The van der Waals surface area contributed by atoms with Crippen LogP contribution in [-0.4, -0.2) is 24.7 Å². The van der Waals surface area contributed by atoms with Gasteiger partial charge in [-0.25, -0.2) is 0 Å². The highest BCUT2D eigenvalue weighted by molar-refractivity contribution is 7.99. The molecule has 94 valence electrons. The van der Waals surface area contributed by atoms with Crippen LogP contribution >= 0.6 is 36.0 Å². The van der Waals surface area contributed by atoms with Crippen molar-refractivity contribution in [2.45, 2.75) is 17.7 Å². The fourth-order valence-corrected chi connectivity index (χ4v) is 3.82. The minimum absolute atomic E-state index is 0.339. The van der Waals surface area contributed by atoms with Gasteiger partial charge in [0.2, 0.25) is 0 Å². The smallest absolute Gasteiger partial charge is 0.0471 e. The van der Waals surface area contributed by atoms with Crippen LogP contribution in [0.5, 0.6) is 0 Å². The van der Waals surface area contributed by atoms with E-state index in [2.05, 4.69) is 24.8 Å². The van der Waals surface area contributed by atoms with Crippen LogP contribution in [0, 0.1) is 5.41 Å². The van der Waals surface area contributed by atoms with Crippen molar-refractivity contribution in [3.8, 4) is 0 Å². The van der Waals surface area contributed by atoms with Gasteiger partial charge in [0.25, 0.3) is 0 Å². The van der Waals surface area contributed by atoms with Crippen molar-refractivity contribution in [2.75, 3.05) is 24.7 Å². The van der Waals surface area contributed by atoms with E-state index in [9.17, 15) is 0 Å². The average Bonchev–Trinajstić information content (AvgIpc) is 2.39. The van der Waals surface area contributed by atoms with E-state index in [-0.39, 0.29) is 0 Å². The van der Waals surface area contributed by atoms with Gasteiger partial charge in [0.1, 0.15) is 0 Å². The summed E-state index contributed by atoms with van der Waals surface area (Å²) in [6.45, 7) is 1.75. The molecule has 0 bridgehead atoms. The van der Waals surface area contributed by atoms with Gasteiger partial charge < -0.3 is 4.74 Å². The molecule has 0 N–H and O–H groups in total. The van der Waals surface area contributed by atoms with E-state index >= 15 is 0 Å². The van der Waals surface area contributed by atoms with Crippen LogP contribution in [0.25, 0.3) is 0 Å². The molecule has 1 aliphatic heterocycles. The van der Waals surface area contributed by atoms with Crippen LogP contribution in [0.1, 0.15) is 12.8 Å². The van der Waals surface area contributed by atoms with E-state index in [1.807, 2.05) is 23.9 Å². The minimum atomic E-state index is 0.339. The Morgan fingerprint density at radius 1 is 1.24 bits per heavy atom. The predicted molar refractivity (Wildman–Crippen MR) is 78.5 cm³/mol. The molecule has 1 fully saturated rings. The normalized spacial score (nSPS) is 19.2. The molecule has 1 nitrogen and oxygen atoms in total. The lowest BCUT2D eigenvalue weighted by atomic mass is 9.84. The Labute approximate surface area is 118 Å². The first-order valence-electron chi connectivity index (χ1n) is 5.81. The molecule has 1 heterocycles. The Hall–Kier alpha value is 0.170.